The molecule has 2 rings (SSSR count). The molecule has 0 spiro atoms. The molecule has 0 aliphatic carbocycles. The predicted octanol–water partition coefficient (Wildman–Crippen LogP) is 3.74. The van der Waals surface area contributed by atoms with Gasteiger partial charge in [0.05, 0.1) is 0 Å². The van der Waals surface area contributed by atoms with E-state index < -0.39 is 11.6 Å². The van der Waals surface area contributed by atoms with E-state index in [-0.39, 0.29) is 5.56 Å². The summed E-state index contributed by atoms with van der Waals surface area (Å²) in [4.78, 5) is 0. The van der Waals surface area contributed by atoms with Crippen molar-refractivity contribution in [2.75, 3.05) is 0 Å². The number of aryl methyl sites for hydroxylation is 1. The van der Waals surface area contributed by atoms with Gasteiger partial charge in [-0.3, -0.25) is 0 Å². The standard InChI is InChI=1S/C13H9F2/c1-9-4-2-5-10(8-9)11-6-3-7-12(14)13(11)15/h2-4,6-8H,1H3. The zero-order chi connectivity index (χ0) is 10.8. The van der Waals surface area contributed by atoms with E-state index in [4.69, 9.17) is 0 Å². The highest BCUT2D eigenvalue weighted by Gasteiger charge is 2.09. The summed E-state index contributed by atoms with van der Waals surface area (Å²) in [5, 5.41) is 0. The van der Waals surface area contributed by atoms with Crippen LogP contribution in [-0.2, 0) is 0 Å². The Balaban J connectivity index is 2.59. The van der Waals surface area contributed by atoms with Gasteiger partial charge in [-0.05, 0) is 24.6 Å². The molecule has 2 heteroatoms. The second-order valence-electron chi connectivity index (χ2n) is 3.38. The number of benzene rings is 2. The van der Waals surface area contributed by atoms with E-state index in [1.165, 1.54) is 6.07 Å². The molecule has 0 heterocycles. The van der Waals surface area contributed by atoms with E-state index in [0.29, 0.717) is 5.56 Å². The van der Waals surface area contributed by atoms with Crippen LogP contribution in [0.1, 0.15) is 5.56 Å². The van der Waals surface area contributed by atoms with E-state index in [1.807, 2.05) is 13.0 Å². The Morgan fingerprint density at radius 1 is 1.13 bits per heavy atom. The van der Waals surface area contributed by atoms with Crippen LogP contribution in [0.15, 0.2) is 36.4 Å². The molecule has 0 saturated heterocycles. The highest BCUT2D eigenvalue weighted by molar-refractivity contribution is 5.64. The van der Waals surface area contributed by atoms with Gasteiger partial charge in [0.2, 0.25) is 0 Å². The van der Waals surface area contributed by atoms with Crippen LogP contribution in [0.4, 0.5) is 8.78 Å². The average molecular weight is 203 g/mol. The van der Waals surface area contributed by atoms with Gasteiger partial charge in [0, 0.05) is 5.56 Å². The van der Waals surface area contributed by atoms with Crippen molar-refractivity contribution in [1.82, 2.24) is 0 Å². The minimum atomic E-state index is -0.831. The molecule has 0 nitrogen and oxygen atoms in total. The SMILES string of the molecule is Cc1cc[c]c(-c2cccc(F)c2F)c1. The fourth-order valence-electron chi connectivity index (χ4n) is 1.45. The largest absolute Gasteiger partial charge is 0.204 e. The zero-order valence-corrected chi connectivity index (χ0v) is 8.22. The molecule has 0 aliphatic heterocycles. The molecule has 0 atom stereocenters. The summed E-state index contributed by atoms with van der Waals surface area (Å²) in [7, 11) is 0. The molecule has 0 N–H and O–H groups in total. The number of halogens is 2. The summed E-state index contributed by atoms with van der Waals surface area (Å²) in [6.07, 6.45) is 0. The first kappa shape index (κ1) is 9.84. The van der Waals surface area contributed by atoms with Crippen molar-refractivity contribution in [2.24, 2.45) is 0 Å². The van der Waals surface area contributed by atoms with Crippen LogP contribution in [0.2, 0.25) is 0 Å². The summed E-state index contributed by atoms with van der Waals surface area (Å²) in [5.74, 6) is -1.65. The van der Waals surface area contributed by atoms with E-state index in [1.54, 1.807) is 18.2 Å². The van der Waals surface area contributed by atoms with Gasteiger partial charge >= 0.3 is 0 Å². The Morgan fingerprint density at radius 3 is 2.67 bits per heavy atom. The van der Waals surface area contributed by atoms with Gasteiger partial charge in [0.15, 0.2) is 11.6 Å². The van der Waals surface area contributed by atoms with Crippen LogP contribution in [0, 0.1) is 24.6 Å². The van der Waals surface area contributed by atoms with Crippen molar-refractivity contribution in [1.29, 1.82) is 0 Å². The lowest BCUT2D eigenvalue weighted by atomic mass is 10.0. The molecular formula is C13H9F2. The van der Waals surface area contributed by atoms with Gasteiger partial charge < -0.3 is 0 Å². The highest BCUT2D eigenvalue weighted by atomic mass is 19.2. The first-order valence-corrected chi connectivity index (χ1v) is 4.61. The number of hydrogen-bond acceptors (Lipinski definition) is 0. The van der Waals surface area contributed by atoms with Gasteiger partial charge in [-0.2, -0.15) is 0 Å². The first-order valence-electron chi connectivity index (χ1n) is 4.61. The summed E-state index contributed by atoms with van der Waals surface area (Å²) < 4.78 is 26.4. The van der Waals surface area contributed by atoms with Crippen molar-refractivity contribution < 1.29 is 8.78 Å². The smallest absolute Gasteiger partial charge is 0.166 e. The molecule has 1 radical (unpaired) electrons. The van der Waals surface area contributed by atoms with Crippen molar-refractivity contribution in [3.05, 3.63) is 59.7 Å². The molecule has 2 aromatic carbocycles. The van der Waals surface area contributed by atoms with E-state index in [0.717, 1.165) is 11.6 Å². The molecule has 0 aliphatic rings. The molecule has 75 valence electrons. The van der Waals surface area contributed by atoms with Crippen LogP contribution in [0.25, 0.3) is 11.1 Å². The van der Waals surface area contributed by atoms with Crippen molar-refractivity contribution >= 4 is 0 Å². The summed E-state index contributed by atoms with van der Waals surface area (Å²) >= 11 is 0. The third-order valence-electron chi connectivity index (χ3n) is 2.20. The maximum atomic E-state index is 13.4. The van der Waals surface area contributed by atoms with Crippen LogP contribution >= 0.6 is 0 Å². The molecule has 2 aromatic rings. The second-order valence-corrected chi connectivity index (χ2v) is 3.38. The lowest BCUT2D eigenvalue weighted by molar-refractivity contribution is 0.511. The Labute approximate surface area is 87.2 Å². The average Bonchev–Trinajstić information content (AvgIpc) is 2.22. The molecule has 15 heavy (non-hydrogen) atoms. The Morgan fingerprint density at radius 2 is 1.93 bits per heavy atom. The third kappa shape index (κ3) is 1.89. The fraction of sp³-hybridized carbons (Fsp3) is 0.0769. The Hall–Kier alpha value is -1.70. The van der Waals surface area contributed by atoms with Crippen molar-refractivity contribution in [3.63, 3.8) is 0 Å². The van der Waals surface area contributed by atoms with Gasteiger partial charge in [0.1, 0.15) is 0 Å². The molecule has 0 saturated carbocycles. The summed E-state index contributed by atoms with van der Waals surface area (Å²) in [5.41, 5.74) is 1.82. The van der Waals surface area contributed by atoms with E-state index in [2.05, 4.69) is 6.07 Å². The van der Waals surface area contributed by atoms with Crippen LogP contribution in [-0.4, -0.2) is 0 Å². The van der Waals surface area contributed by atoms with Crippen LogP contribution in [0.5, 0.6) is 0 Å². The van der Waals surface area contributed by atoms with Crippen LogP contribution < -0.4 is 0 Å². The van der Waals surface area contributed by atoms with Crippen molar-refractivity contribution in [2.45, 2.75) is 6.92 Å². The number of rotatable bonds is 1. The zero-order valence-electron chi connectivity index (χ0n) is 8.22. The Kier molecular flexibility index (Phi) is 2.50. The van der Waals surface area contributed by atoms with E-state index >= 15 is 0 Å². The van der Waals surface area contributed by atoms with Gasteiger partial charge in [0.25, 0.3) is 0 Å². The topological polar surface area (TPSA) is 0 Å². The van der Waals surface area contributed by atoms with Gasteiger partial charge in [-0.15, -0.1) is 0 Å². The highest BCUT2D eigenvalue weighted by Crippen LogP contribution is 2.24. The predicted molar refractivity (Wildman–Crippen MR) is 55.4 cm³/mol. The van der Waals surface area contributed by atoms with E-state index in [9.17, 15) is 8.78 Å². The quantitative estimate of drug-likeness (QED) is 0.662. The maximum Gasteiger partial charge on any atom is 0.166 e. The molecule has 0 fully saturated rings. The summed E-state index contributed by atoms with van der Waals surface area (Å²) in [6.45, 7) is 1.90. The normalized spacial score (nSPS) is 10.3. The minimum absolute atomic E-state index is 0.249. The first-order chi connectivity index (χ1) is 7.18. The second kappa shape index (κ2) is 3.81. The maximum absolute atomic E-state index is 13.4. The number of hydrogen-bond donors (Lipinski definition) is 0. The van der Waals surface area contributed by atoms with Gasteiger partial charge in [-0.1, -0.05) is 35.9 Å². The van der Waals surface area contributed by atoms with Crippen molar-refractivity contribution in [3.8, 4) is 11.1 Å². The monoisotopic (exact) mass is 203 g/mol. The molecule has 0 aromatic heterocycles. The molecule has 0 unspecified atom stereocenters. The van der Waals surface area contributed by atoms with Gasteiger partial charge in [-0.25, -0.2) is 8.78 Å². The summed E-state index contributed by atoms with van der Waals surface area (Å²) in [6, 6.07) is 12.4. The Bertz CT molecular complexity index is 490. The fourth-order valence-corrected chi connectivity index (χ4v) is 1.45. The molecular weight excluding hydrogens is 194 g/mol. The minimum Gasteiger partial charge on any atom is -0.204 e. The van der Waals surface area contributed by atoms with Crippen LogP contribution in [0.3, 0.4) is 0 Å². The lowest BCUT2D eigenvalue weighted by Gasteiger charge is -2.04. The molecule has 0 bridgehead atoms. The lowest BCUT2D eigenvalue weighted by Crippen LogP contribution is -1.89. The third-order valence-corrected chi connectivity index (χ3v) is 2.20. The molecule has 0 amide bonds.